The van der Waals surface area contributed by atoms with Gasteiger partial charge in [-0.25, -0.2) is 4.98 Å². The molecule has 0 atom stereocenters. The smallest absolute Gasteiger partial charge is 0.254 e. The molecule has 2 aromatic heterocycles. The largest absolute Gasteiger partial charge is 0.463 e. The Labute approximate surface area is 181 Å². The van der Waals surface area contributed by atoms with Crippen molar-refractivity contribution >= 4 is 22.7 Å². The van der Waals surface area contributed by atoms with Gasteiger partial charge in [0.25, 0.3) is 5.91 Å². The van der Waals surface area contributed by atoms with Crippen LogP contribution in [0.1, 0.15) is 42.5 Å². The van der Waals surface area contributed by atoms with Gasteiger partial charge < -0.3 is 14.2 Å². The number of rotatable bonds is 3. The van der Waals surface area contributed by atoms with Gasteiger partial charge in [0.2, 0.25) is 5.91 Å². The summed E-state index contributed by atoms with van der Waals surface area (Å²) in [6.07, 6.45) is 6.51. The molecule has 0 aliphatic carbocycles. The number of amides is 2. The van der Waals surface area contributed by atoms with Crippen LogP contribution in [0.4, 0.5) is 0 Å². The third-order valence-corrected chi connectivity index (χ3v) is 6.52. The second kappa shape index (κ2) is 8.53. The van der Waals surface area contributed by atoms with E-state index in [4.69, 9.17) is 4.42 Å². The zero-order valence-corrected chi connectivity index (χ0v) is 17.6. The SMILES string of the molecule is O=C(c1cc(-c2ccco2)nc2ccccc12)N1CCC(C(=O)N2CCCCC2)CC1. The number of aromatic nitrogens is 1. The fraction of sp³-hybridized carbons (Fsp3) is 0.400. The first-order valence-corrected chi connectivity index (χ1v) is 11.2. The molecule has 0 radical (unpaired) electrons. The summed E-state index contributed by atoms with van der Waals surface area (Å²) in [5.74, 6) is 0.956. The van der Waals surface area contributed by atoms with Crippen molar-refractivity contribution in [3.05, 3.63) is 54.3 Å². The highest BCUT2D eigenvalue weighted by Crippen LogP contribution is 2.28. The first kappa shape index (κ1) is 19.8. The van der Waals surface area contributed by atoms with Gasteiger partial charge in [0.1, 0.15) is 5.69 Å². The van der Waals surface area contributed by atoms with E-state index in [1.165, 1.54) is 6.42 Å². The molecule has 6 heteroatoms. The Morgan fingerprint density at radius 3 is 2.42 bits per heavy atom. The lowest BCUT2D eigenvalue weighted by molar-refractivity contribution is -0.137. The molecule has 0 N–H and O–H groups in total. The second-order valence-electron chi connectivity index (χ2n) is 8.50. The fourth-order valence-corrected chi connectivity index (χ4v) is 4.78. The van der Waals surface area contributed by atoms with Crippen LogP contribution in [-0.2, 0) is 4.79 Å². The summed E-state index contributed by atoms with van der Waals surface area (Å²) < 4.78 is 5.52. The van der Waals surface area contributed by atoms with Gasteiger partial charge in [-0.1, -0.05) is 18.2 Å². The van der Waals surface area contributed by atoms with Crippen molar-refractivity contribution in [2.45, 2.75) is 32.1 Å². The number of likely N-dealkylation sites (tertiary alicyclic amines) is 2. The molecule has 2 aliphatic heterocycles. The fourth-order valence-electron chi connectivity index (χ4n) is 4.78. The number of hydrogen-bond donors (Lipinski definition) is 0. The van der Waals surface area contributed by atoms with Crippen LogP contribution in [0.2, 0.25) is 0 Å². The van der Waals surface area contributed by atoms with E-state index in [1.807, 2.05) is 52.3 Å². The zero-order valence-electron chi connectivity index (χ0n) is 17.6. The van der Waals surface area contributed by atoms with Gasteiger partial charge in [-0.15, -0.1) is 0 Å². The van der Waals surface area contributed by atoms with Gasteiger partial charge in [-0.2, -0.15) is 0 Å². The Morgan fingerprint density at radius 2 is 1.68 bits per heavy atom. The van der Waals surface area contributed by atoms with Crippen molar-refractivity contribution < 1.29 is 14.0 Å². The summed E-state index contributed by atoms with van der Waals surface area (Å²) >= 11 is 0. The predicted molar refractivity (Wildman–Crippen MR) is 119 cm³/mol. The number of pyridine rings is 1. The lowest BCUT2D eigenvalue weighted by Crippen LogP contribution is -2.45. The van der Waals surface area contributed by atoms with Crippen LogP contribution in [0.15, 0.2) is 53.1 Å². The molecule has 3 aromatic rings. The molecule has 2 fully saturated rings. The number of para-hydroxylation sites is 1. The van der Waals surface area contributed by atoms with E-state index in [-0.39, 0.29) is 17.7 Å². The van der Waals surface area contributed by atoms with Crippen molar-refractivity contribution in [2.75, 3.05) is 26.2 Å². The predicted octanol–water partition coefficient (Wildman–Crippen LogP) is 4.36. The van der Waals surface area contributed by atoms with E-state index in [2.05, 4.69) is 4.98 Å². The normalized spacial score (nSPS) is 17.8. The van der Waals surface area contributed by atoms with E-state index < -0.39 is 0 Å². The molecule has 2 aliphatic rings. The molecule has 0 bridgehead atoms. The quantitative estimate of drug-likeness (QED) is 0.635. The molecule has 31 heavy (non-hydrogen) atoms. The minimum Gasteiger partial charge on any atom is -0.463 e. The monoisotopic (exact) mass is 417 g/mol. The van der Waals surface area contributed by atoms with Crippen LogP contribution < -0.4 is 0 Å². The molecule has 4 heterocycles. The van der Waals surface area contributed by atoms with Crippen LogP contribution in [0.3, 0.4) is 0 Å². The molecule has 0 saturated carbocycles. The average Bonchev–Trinajstić information content (AvgIpc) is 3.38. The number of hydrogen-bond acceptors (Lipinski definition) is 4. The lowest BCUT2D eigenvalue weighted by atomic mass is 9.93. The summed E-state index contributed by atoms with van der Waals surface area (Å²) in [4.78, 5) is 34.9. The molecular weight excluding hydrogens is 390 g/mol. The Balaban J connectivity index is 1.35. The highest BCUT2D eigenvalue weighted by molar-refractivity contribution is 6.07. The summed E-state index contributed by atoms with van der Waals surface area (Å²) in [5, 5.41) is 0.842. The van der Waals surface area contributed by atoms with Crippen LogP contribution in [-0.4, -0.2) is 52.8 Å². The standard InChI is InChI=1S/C25H27N3O3/c29-24(27-12-4-1-5-13-27)18-10-14-28(15-11-18)25(30)20-17-22(23-9-6-16-31-23)26-21-8-3-2-7-19(20)21/h2-3,6-9,16-18H,1,4-5,10-15H2. The van der Waals surface area contributed by atoms with Crippen LogP contribution in [0, 0.1) is 5.92 Å². The van der Waals surface area contributed by atoms with E-state index in [9.17, 15) is 9.59 Å². The van der Waals surface area contributed by atoms with Crippen LogP contribution >= 0.6 is 0 Å². The first-order valence-electron chi connectivity index (χ1n) is 11.2. The van der Waals surface area contributed by atoms with E-state index in [0.29, 0.717) is 30.1 Å². The van der Waals surface area contributed by atoms with Gasteiger partial charge in [0.05, 0.1) is 17.3 Å². The number of nitrogens with zero attached hydrogens (tertiary/aromatic N) is 3. The summed E-state index contributed by atoms with van der Waals surface area (Å²) in [6, 6.07) is 13.2. The van der Waals surface area contributed by atoms with Crippen LogP contribution in [0.5, 0.6) is 0 Å². The molecule has 0 spiro atoms. The van der Waals surface area contributed by atoms with Crippen LogP contribution in [0.25, 0.3) is 22.4 Å². The molecule has 0 unspecified atom stereocenters. The Bertz CT molecular complexity index is 1080. The minimum atomic E-state index is -0.00437. The molecule has 5 rings (SSSR count). The van der Waals surface area contributed by atoms with Crippen molar-refractivity contribution in [3.8, 4) is 11.5 Å². The summed E-state index contributed by atoms with van der Waals surface area (Å²) in [5.41, 5.74) is 2.06. The third kappa shape index (κ3) is 3.94. The lowest BCUT2D eigenvalue weighted by Gasteiger charge is -2.35. The first-order chi connectivity index (χ1) is 15.2. The van der Waals surface area contributed by atoms with E-state index in [1.54, 1.807) is 6.26 Å². The van der Waals surface area contributed by atoms with Crippen molar-refractivity contribution in [2.24, 2.45) is 5.92 Å². The van der Waals surface area contributed by atoms with Gasteiger partial charge in [0, 0.05) is 37.5 Å². The summed E-state index contributed by atoms with van der Waals surface area (Å²) in [7, 11) is 0. The topological polar surface area (TPSA) is 66.7 Å². The number of fused-ring (bicyclic) bond motifs is 1. The Morgan fingerprint density at radius 1 is 0.903 bits per heavy atom. The Kier molecular flexibility index (Phi) is 5.45. The van der Waals surface area contributed by atoms with E-state index >= 15 is 0 Å². The minimum absolute atomic E-state index is 0.00437. The number of piperidine rings is 2. The molecule has 6 nitrogen and oxygen atoms in total. The maximum Gasteiger partial charge on any atom is 0.254 e. The average molecular weight is 418 g/mol. The number of furan rings is 1. The maximum absolute atomic E-state index is 13.5. The highest BCUT2D eigenvalue weighted by Gasteiger charge is 2.31. The highest BCUT2D eigenvalue weighted by atomic mass is 16.3. The third-order valence-electron chi connectivity index (χ3n) is 6.52. The molecule has 160 valence electrons. The van der Waals surface area contributed by atoms with Gasteiger partial charge in [-0.3, -0.25) is 9.59 Å². The van der Waals surface area contributed by atoms with Gasteiger partial charge in [0.15, 0.2) is 5.76 Å². The van der Waals surface area contributed by atoms with Crippen molar-refractivity contribution in [1.29, 1.82) is 0 Å². The molecule has 2 amide bonds. The molecule has 2 saturated heterocycles. The maximum atomic E-state index is 13.5. The van der Waals surface area contributed by atoms with Gasteiger partial charge >= 0.3 is 0 Å². The van der Waals surface area contributed by atoms with E-state index in [0.717, 1.165) is 49.7 Å². The van der Waals surface area contributed by atoms with Crippen molar-refractivity contribution in [1.82, 2.24) is 14.8 Å². The number of carbonyl (C=O) groups is 2. The second-order valence-corrected chi connectivity index (χ2v) is 8.50. The number of carbonyl (C=O) groups excluding carboxylic acids is 2. The van der Waals surface area contributed by atoms with Crippen molar-refractivity contribution in [3.63, 3.8) is 0 Å². The number of benzene rings is 1. The molecule has 1 aromatic carbocycles. The summed E-state index contributed by atoms with van der Waals surface area (Å²) in [6.45, 7) is 2.98. The van der Waals surface area contributed by atoms with Gasteiger partial charge in [-0.05, 0) is 56.4 Å². The Hall–Kier alpha value is -3.15. The molecular formula is C25H27N3O3. The zero-order chi connectivity index (χ0) is 21.2.